The smallest absolute Gasteiger partial charge is 0.142 e. The van der Waals surface area contributed by atoms with Gasteiger partial charge in [0.2, 0.25) is 0 Å². The Morgan fingerprint density at radius 1 is 0.850 bits per heavy atom. The Bertz CT molecular complexity index is 611. The van der Waals surface area contributed by atoms with Gasteiger partial charge in [0.1, 0.15) is 4.32 Å². The second-order valence-electron chi connectivity index (χ2n) is 5.06. The van der Waals surface area contributed by atoms with Gasteiger partial charge in [0.25, 0.3) is 0 Å². The van der Waals surface area contributed by atoms with E-state index in [1.165, 1.54) is 22.3 Å². The van der Waals surface area contributed by atoms with Crippen molar-refractivity contribution >= 4 is 40.5 Å². The topological polar surface area (TPSA) is 3.24 Å². The van der Waals surface area contributed by atoms with E-state index in [-0.39, 0.29) is 0 Å². The Balaban J connectivity index is 2.66. The van der Waals surface area contributed by atoms with Crippen LogP contribution in [0.2, 0.25) is 0 Å². The molecular formula is C17H19NS2. The molecule has 0 radical (unpaired) electrons. The number of nitrogens with zero attached hydrogens (tertiary/aromatic N) is 1. The van der Waals surface area contributed by atoms with E-state index in [0.717, 1.165) is 11.4 Å². The average Bonchev–Trinajstić information content (AvgIpc) is 2.39. The highest BCUT2D eigenvalue weighted by molar-refractivity contribution is 8.11. The number of hydrogen-bond donors (Lipinski definition) is 1. The molecule has 0 N–H and O–H groups in total. The van der Waals surface area contributed by atoms with Crippen LogP contribution in [-0.4, -0.2) is 4.32 Å². The number of thiol groups is 1. The number of thiocarbonyl (C=S) groups is 1. The molecule has 0 atom stereocenters. The lowest BCUT2D eigenvalue weighted by Gasteiger charge is -2.27. The summed E-state index contributed by atoms with van der Waals surface area (Å²) in [5.41, 5.74) is 7.15. The normalized spacial score (nSPS) is 10.4. The molecule has 0 aromatic heterocycles. The molecule has 2 rings (SSSR count). The van der Waals surface area contributed by atoms with Crippen molar-refractivity contribution in [1.82, 2.24) is 0 Å². The summed E-state index contributed by atoms with van der Waals surface area (Å²) in [5, 5.41) is 0. The van der Waals surface area contributed by atoms with Crippen LogP contribution in [0, 0.1) is 27.7 Å². The molecule has 0 unspecified atom stereocenters. The third-order valence-electron chi connectivity index (χ3n) is 3.83. The minimum absolute atomic E-state index is 0.562. The highest BCUT2D eigenvalue weighted by Gasteiger charge is 2.17. The SMILES string of the molecule is Cc1cccc(N(C(=S)S)c2cccc(C)c2C)c1C. The Kier molecular flexibility index (Phi) is 4.51. The zero-order valence-electron chi connectivity index (χ0n) is 12.3. The highest BCUT2D eigenvalue weighted by atomic mass is 32.1. The van der Waals surface area contributed by atoms with E-state index in [4.69, 9.17) is 12.2 Å². The van der Waals surface area contributed by atoms with Crippen LogP contribution >= 0.6 is 24.8 Å². The Morgan fingerprint density at radius 3 is 1.60 bits per heavy atom. The summed E-state index contributed by atoms with van der Waals surface area (Å²) in [6, 6.07) is 12.5. The van der Waals surface area contributed by atoms with Gasteiger partial charge in [-0.1, -0.05) is 36.5 Å². The first kappa shape index (κ1) is 15.1. The molecule has 0 amide bonds. The second kappa shape index (κ2) is 5.98. The zero-order valence-corrected chi connectivity index (χ0v) is 14.0. The lowest BCUT2D eigenvalue weighted by Crippen LogP contribution is -2.21. The molecule has 0 aliphatic heterocycles. The second-order valence-corrected chi connectivity index (χ2v) is 6.17. The Morgan fingerprint density at radius 2 is 1.25 bits per heavy atom. The van der Waals surface area contributed by atoms with Crippen LogP contribution in [-0.2, 0) is 0 Å². The molecule has 0 bridgehead atoms. The lowest BCUT2D eigenvalue weighted by atomic mass is 10.0. The fraction of sp³-hybridized carbons (Fsp3) is 0.235. The molecule has 2 aromatic rings. The van der Waals surface area contributed by atoms with E-state index < -0.39 is 0 Å². The summed E-state index contributed by atoms with van der Waals surface area (Å²) in [6.45, 7) is 8.47. The number of rotatable bonds is 2. The molecule has 0 fully saturated rings. The van der Waals surface area contributed by atoms with E-state index in [1.807, 2.05) is 4.90 Å². The van der Waals surface area contributed by atoms with Crippen molar-refractivity contribution in [2.24, 2.45) is 0 Å². The number of benzene rings is 2. The third kappa shape index (κ3) is 2.74. The van der Waals surface area contributed by atoms with Gasteiger partial charge in [-0.15, -0.1) is 12.6 Å². The van der Waals surface area contributed by atoms with Gasteiger partial charge < -0.3 is 0 Å². The molecule has 0 saturated carbocycles. The standard InChI is InChI=1S/C17H19NS2/c1-11-7-5-9-15(13(11)3)18(17(19)20)16-10-6-8-12(2)14(16)4/h5-10H,1-4H3,(H,19,20). The molecule has 0 aliphatic carbocycles. The van der Waals surface area contributed by atoms with E-state index >= 15 is 0 Å². The van der Waals surface area contributed by atoms with Crippen LogP contribution in [0.15, 0.2) is 36.4 Å². The van der Waals surface area contributed by atoms with Gasteiger partial charge in [0.05, 0.1) is 11.4 Å². The van der Waals surface area contributed by atoms with Crippen molar-refractivity contribution in [3.63, 3.8) is 0 Å². The maximum Gasteiger partial charge on any atom is 0.142 e. The van der Waals surface area contributed by atoms with Gasteiger partial charge in [0, 0.05) is 0 Å². The van der Waals surface area contributed by atoms with Crippen LogP contribution in [0.1, 0.15) is 22.3 Å². The summed E-state index contributed by atoms with van der Waals surface area (Å²) < 4.78 is 0.562. The lowest BCUT2D eigenvalue weighted by molar-refractivity contribution is 1.24. The summed E-state index contributed by atoms with van der Waals surface area (Å²) in [4.78, 5) is 2.04. The van der Waals surface area contributed by atoms with Crippen LogP contribution in [0.5, 0.6) is 0 Å². The molecular weight excluding hydrogens is 282 g/mol. The summed E-state index contributed by atoms with van der Waals surface area (Å²) in [6.07, 6.45) is 0. The van der Waals surface area contributed by atoms with Crippen molar-refractivity contribution in [3.05, 3.63) is 58.7 Å². The largest absolute Gasteiger partial charge is 0.296 e. The van der Waals surface area contributed by atoms with Crippen molar-refractivity contribution in [2.45, 2.75) is 27.7 Å². The third-order valence-corrected chi connectivity index (χ3v) is 4.21. The monoisotopic (exact) mass is 301 g/mol. The first-order valence-electron chi connectivity index (χ1n) is 6.59. The van der Waals surface area contributed by atoms with Gasteiger partial charge in [-0.2, -0.15) is 0 Å². The quantitative estimate of drug-likeness (QED) is 0.594. The molecule has 0 saturated heterocycles. The predicted octanol–water partition coefficient (Wildman–Crippen LogP) is 5.27. The molecule has 2 aromatic carbocycles. The highest BCUT2D eigenvalue weighted by Crippen LogP contribution is 2.34. The van der Waals surface area contributed by atoms with E-state index in [1.54, 1.807) is 0 Å². The van der Waals surface area contributed by atoms with Gasteiger partial charge in [0.15, 0.2) is 0 Å². The molecule has 20 heavy (non-hydrogen) atoms. The number of aryl methyl sites for hydroxylation is 2. The fourth-order valence-corrected chi connectivity index (χ4v) is 2.70. The molecule has 3 heteroatoms. The van der Waals surface area contributed by atoms with Crippen LogP contribution in [0.3, 0.4) is 0 Å². The van der Waals surface area contributed by atoms with Gasteiger partial charge in [-0.05, 0) is 62.1 Å². The van der Waals surface area contributed by atoms with Crippen molar-refractivity contribution in [2.75, 3.05) is 4.90 Å². The van der Waals surface area contributed by atoms with E-state index in [0.29, 0.717) is 4.32 Å². The predicted molar refractivity (Wildman–Crippen MR) is 95.6 cm³/mol. The van der Waals surface area contributed by atoms with Gasteiger partial charge in [-0.25, -0.2) is 0 Å². The van der Waals surface area contributed by atoms with Gasteiger partial charge in [-0.3, -0.25) is 4.90 Å². The summed E-state index contributed by atoms with van der Waals surface area (Å²) in [5.74, 6) is 0. The van der Waals surface area contributed by atoms with E-state index in [9.17, 15) is 0 Å². The molecule has 104 valence electrons. The molecule has 0 spiro atoms. The fourth-order valence-electron chi connectivity index (χ4n) is 2.29. The number of anilines is 2. The molecule has 0 heterocycles. The molecule has 0 aliphatic rings. The van der Waals surface area contributed by atoms with Crippen LogP contribution in [0.25, 0.3) is 0 Å². The number of hydrogen-bond acceptors (Lipinski definition) is 1. The summed E-state index contributed by atoms with van der Waals surface area (Å²) >= 11 is 9.81. The van der Waals surface area contributed by atoms with Crippen LogP contribution in [0.4, 0.5) is 11.4 Å². The Hall–Kier alpha value is -1.32. The van der Waals surface area contributed by atoms with Gasteiger partial charge >= 0.3 is 0 Å². The first-order chi connectivity index (χ1) is 9.43. The maximum absolute atomic E-state index is 5.38. The Labute approximate surface area is 132 Å². The van der Waals surface area contributed by atoms with Crippen LogP contribution < -0.4 is 4.90 Å². The van der Waals surface area contributed by atoms with Crippen molar-refractivity contribution in [1.29, 1.82) is 0 Å². The minimum Gasteiger partial charge on any atom is -0.296 e. The summed E-state index contributed by atoms with van der Waals surface area (Å²) in [7, 11) is 0. The first-order valence-corrected chi connectivity index (χ1v) is 7.44. The van der Waals surface area contributed by atoms with Crippen molar-refractivity contribution < 1.29 is 0 Å². The molecule has 1 nitrogen and oxygen atoms in total. The van der Waals surface area contributed by atoms with Crippen molar-refractivity contribution in [3.8, 4) is 0 Å². The minimum atomic E-state index is 0.562. The zero-order chi connectivity index (χ0) is 14.9. The average molecular weight is 301 g/mol. The van der Waals surface area contributed by atoms with E-state index in [2.05, 4.69) is 76.7 Å². The maximum atomic E-state index is 5.38.